The molecular weight excluding hydrogens is 353 g/mol. The number of amides is 1. The van der Waals surface area contributed by atoms with Crippen LogP contribution in [0.1, 0.15) is 12.0 Å². The molecule has 1 fully saturated rings. The quantitative estimate of drug-likeness (QED) is 0.720. The number of hydrogen-bond acceptors (Lipinski definition) is 5. The number of rotatable bonds is 8. The third kappa shape index (κ3) is 5.70. The molecule has 8 heteroatoms. The summed E-state index contributed by atoms with van der Waals surface area (Å²) < 4.78 is 10.7. The Morgan fingerprint density at radius 2 is 2.25 bits per heavy atom. The largest absolute Gasteiger partial charge is 0.493 e. The molecule has 3 N–H and O–H groups in total. The smallest absolute Gasteiger partial charge is 0.255 e. The lowest BCUT2D eigenvalue weighted by molar-refractivity contribution is -0.119. The Balaban J connectivity index is 0.00000288. The topological polar surface area (TPSA) is 76.8 Å². The monoisotopic (exact) mass is 377 g/mol. The van der Waals surface area contributed by atoms with Crippen LogP contribution in [0.5, 0.6) is 11.5 Å². The number of primary amides is 1. The predicted molar refractivity (Wildman–Crippen MR) is 97.3 cm³/mol. The zero-order chi connectivity index (χ0) is 16.8. The number of benzene rings is 1. The standard InChI is InChI=1S/C16H24ClN3O3.ClH/c1-19-7-11-3-4-20(8-11)9-12-5-13(17)16(14(6-12)22-2)23-10-15(18)21;/h5-6,11,19H,3-4,7-10H2,1-2H3,(H2,18,21);1H. The number of methoxy groups -OCH3 is 1. The van der Waals surface area contributed by atoms with Crippen molar-refractivity contribution in [3.8, 4) is 11.5 Å². The summed E-state index contributed by atoms with van der Waals surface area (Å²) in [5.74, 6) is 1.00. The van der Waals surface area contributed by atoms with Crippen LogP contribution in [-0.4, -0.2) is 51.2 Å². The molecule has 1 unspecified atom stereocenters. The van der Waals surface area contributed by atoms with Crippen molar-refractivity contribution in [2.75, 3.05) is 40.4 Å². The van der Waals surface area contributed by atoms with E-state index in [4.69, 9.17) is 26.8 Å². The van der Waals surface area contributed by atoms with Crippen molar-refractivity contribution in [2.45, 2.75) is 13.0 Å². The normalized spacial score (nSPS) is 17.4. The van der Waals surface area contributed by atoms with E-state index in [1.165, 1.54) is 6.42 Å². The van der Waals surface area contributed by atoms with Gasteiger partial charge in [0.25, 0.3) is 5.91 Å². The Bertz CT molecular complexity index is 558. The van der Waals surface area contributed by atoms with Gasteiger partial charge in [0.05, 0.1) is 12.1 Å². The minimum atomic E-state index is -0.556. The summed E-state index contributed by atoms with van der Waals surface area (Å²) >= 11 is 6.27. The Kier molecular flexibility index (Phi) is 8.62. The van der Waals surface area contributed by atoms with Gasteiger partial charge in [-0.3, -0.25) is 9.69 Å². The Hall–Kier alpha value is -1.21. The molecule has 0 aliphatic carbocycles. The Morgan fingerprint density at radius 1 is 1.50 bits per heavy atom. The molecule has 1 aliphatic rings. The summed E-state index contributed by atoms with van der Waals surface area (Å²) in [7, 11) is 3.53. The van der Waals surface area contributed by atoms with E-state index in [-0.39, 0.29) is 19.0 Å². The fraction of sp³-hybridized carbons (Fsp3) is 0.562. The van der Waals surface area contributed by atoms with Crippen LogP contribution in [0.15, 0.2) is 12.1 Å². The second-order valence-corrected chi connectivity index (χ2v) is 6.22. The van der Waals surface area contributed by atoms with Gasteiger partial charge in [-0.25, -0.2) is 0 Å². The lowest BCUT2D eigenvalue weighted by atomic mass is 10.1. The molecule has 6 nitrogen and oxygen atoms in total. The van der Waals surface area contributed by atoms with E-state index in [1.807, 2.05) is 19.2 Å². The van der Waals surface area contributed by atoms with Crippen molar-refractivity contribution >= 4 is 29.9 Å². The van der Waals surface area contributed by atoms with Gasteiger partial charge in [-0.1, -0.05) is 11.6 Å². The van der Waals surface area contributed by atoms with Crippen molar-refractivity contribution < 1.29 is 14.3 Å². The molecule has 0 spiro atoms. The minimum Gasteiger partial charge on any atom is -0.493 e. The molecule has 0 radical (unpaired) electrons. The molecule has 1 heterocycles. The highest BCUT2D eigenvalue weighted by atomic mass is 35.5. The molecule has 0 aromatic heterocycles. The number of carbonyl (C=O) groups excluding carboxylic acids is 1. The van der Waals surface area contributed by atoms with Gasteiger partial charge in [-0.05, 0) is 50.2 Å². The van der Waals surface area contributed by atoms with Crippen molar-refractivity contribution in [2.24, 2.45) is 11.7 Å². The maximum atomic E-state index is 10.9. The Morgan fingerprint density at radius 3 is 2.88 bits per heavy atom. The van der Waals surface area contributed by atoms with Gasteiger partial charge < -0.3 is 20.5 Å². The predicted octanol–water partition coefficient (Wildman–Crippen LogP) is 1.68. The molecule has 1 saturated heterocycles. The number of ether oxygens (including phenoxy) is 2. The van der Waals surface area contributed by atoms with Gasteiger partial charge in [-0.15, -0.1) is 12.4 Å². The number of nitrogens with one attached hydrogen (secondary N) is 1. The summed E-state index contributed by atoms with van der Waals surface area (Å²) in [5, 5.41) is 3.65. The molecule has 24 heavy (non-hydrogen) atoms. The number of hydrogen-bond donors (Lipinski definition) is 2. The number of nitrogens with two attached hydrogens (primary N) is 1. The second kappa shape index (κ2) is 9.93. The van der Waals surface area contributed by atoms with E-state index in [0.29, 0.717) is 22.4 Å². The van der Waals surface area contributed by atoms with Crippen molar-refractivity contribution in [3.63, 3.8) is 0 Å². The third-order valence-electron chi connectivity index (χ3n) is 3.92. The maximum absolute atomic E-state index is 10.9. The van der Waals surface area contributed by atoms with Crippen LogP contribution in [0, 0.1) is 5.92 Å². The highest BCUT2D eigenvalue weighted by Gasteiger charge is 2.22. The van der Waals surface area contributed by atoms with Crippen LogP contribution in [0.25, 0.3) is 0 Å². The summed E-state index contributed by atoms with van der Waals surface area (Å²) in [5.41, 5.74) is 6.16. The molecule has 1 aromatic rings. The van der Waals surface area contributed by atoms with Gasteiger partial charge >= 0.3 is 0 Å². The van der Waals surface area contributed by atoms with Gasteiger partial charge in [0.15, 0.2) is 18.1 Å². The molecule has 0 saturated carbocycles. The van der Waals surface area contributed by atoms with E-state index in [1.54, 1.807) is 7.11 Å². The maximum Gasteiger partial charge on any atom is 0.255 e. The molecule has 1 aromatic carbocycles. The Labute approximate surface area is 154 Å². The lowest BCUT2D eigenvalue weighted by Crippen LogP contribution is -2.24. The number of likely N-dealkylation sites (tertiary alicyclic amines) is 1. The third-order valence-corrected chi connectivity index (χ3v) is 4.20. The van der Waals surface area contributed by atoms with Crippen LogP contribution in [0.2, 0.25) is 5.02 Å². The molecular formula is C16H25Cl2N3O3. The minimum absolute atomic E-state index is 0. The molecule has 2 rings (SSSR count). The summed E-state index contributed by atoms with van der Waals surface area (Å²) in [6.07, 6.45) is 1.20. The average molecular weight is 378 g/mol. The molecule has 1 amide bonds. The zero-order valence-corrected chi connectivity index (χ0v) is 15.6. The average Bonchev–Trinajstić information content (AvgIpc) is 2.93. The number of nitrogens with zero attached hydrogens (tertiary/aromatic N) is 1. The summed E-state index contributed by atoms with van der Waals surface area (Å²) in [6.45, 7) is 3.77. The summed E-state index contributed by atoms with van der Waals surface area (Å²) in [6, 6.07) is 3.75. The first kappa shape index (κ1) is 20.8. The highest BCUT2D eigenvalue weighted by Crippen LogP contribution is 2.37. The molecule has 0 bridgehead atoms. The van der Waals surface area contributed by atoms with E-state index < -0.39 is 5.91 Å². The van der Waals surface area contributed by atoms with E-state index in [9.17, 15) is 4.79 Å². The first-order valence-corrected chi connectivity index (χ1v) is 8.05. The first-order valence-electron chi connectivity index (χ1n) is 7.68. The number of halogens is 2. The van der Waals surface area contributed by atoms with Crippen molar-refractivity contribution in [3.05, 3.63) is 22.7 Å². The molecule has 1 atom stereocenters. The van der Waals surface area contributed by atoms with Crippen LogP contribution in [0.4, 0.5) is 0 Å². The van der Waals surface area contributed by atoms with E-state index >= 15 is 0 Å². The van der Waals surface area contributed by atoms with Crippen LogP contribution in [0.3, 0.4) is 0 Å². The lowest BCUT2D eigenvalue weighted by Gasteiger charge is -2.18. The number of carbonyl (C=O) groups is 1. The van der Waals surface area contributed by atoms with Gasteiger partial charge in [0, 0.05) is 13.1 Å². The molecule has 136 valence electrons. The van der Waals surface area contributed by atoms with Crippen LogP contribution < -0.4 is 20.5 Å². The highest BCUT2D eigenvalue weighted by molar-refractivity contribution is 6.32. The fourth-order valence-electron chi connectivity index (χ4n) is 2.92. The van der Waals surface area contributed by atoms with Gasteiger partial charge in [0.1, 0.15) is 0 Å². The van der Waals surface area contributed by atoms with E-state index in [2.05, 4.69) is 10.2 Å². The molecule has 1 aliphatic heterocycles. The zero-order valence-electron chi connectivity index (χ0n) is 14.0. The van der Waals surface area contributed by atoms with Crippen LogP contribution in [-0.2, 0) is 11.3 Å². The fourth-order valence-corrected chi connectivity index (χ4v) is 3.21. The van der Waals surface area contributed by atoms with Crippen molar-refractivity contribution in [1.29, 1.82) is 0 Å². The van der Waals surface area contributed by atoms with Gasteiger partial charge in [-0.2, -0.15) is 0 Å². The van der Waals surface area contributed by atoms with Crippen molar-refractivity contribution in [1.82, 2.24) is 10.2 Å². The summed E-state index contributed by atoms with van der Waals surface area (Å²) in [4.78, 5) is 13.3. The van der Waals surface area contributed by atoms with E-state index in [0.717, 1.165) is 31.7 Å². The first-order chi connectivity index (χ1) is 11.0. The SMILES string of the molecule is CNCC1CCN(Cc2cc(Cl)c(OCC(N)=O)c(OC)c2)C1.Cl. The van der Waals surface area contributed by atoms with Crippen LogP contribution >= 0.6 is 24.0 Å². The second-order valence-electron chi connectivity index (χ2n) is 5.81. The van der Waals surface area contributed by atoms with Gasteiger partial charge in [0.2, 0.25) is 0 Å².